The van der Waals surface area contributed by atoms with Gasteiger partial charge in [0.1, 0.15) is 0 Å². The molecule has 26 heavy (non-hydrogen) atoms. The third-order valence-electron chi connectivity index (χ3n) is 8.07. The Kier molecular flexibility index (Phi) is 3.17. The van der Waals surface area contributed by atoms with Gasteiger partial charge in [-0.2, -0.15) is 0 Å². The summed E-state index contributed by atoms with van der Waals surface area (Å²) < 4.78 is 1.37. The van der Waals surface area contributed by atoms with Gasteiger partial charge in [0, 0.05) is 16.7 Å². The maximum Gasteiger partial charge on any atom is 0.173 e. The van der Waals surface area contributed by atoms with Gasteiger partial charge in [-0.3, -0.25) is 9.69 Å². The summed E-state index contributed by atoms with van der Waals surface area (Å²) in [7, 11) is 0. The molecular formula is C23H27NOS. The summed E-state index contributed by atoms with van der Waals surface area (Å²) in [5.41, 5.74) is 2.25. The minimum absolute atomic E-state index is 0.360. The molecule has 3 heteroatoms. The summed E-state index contributed by atoms with van der Waals surface area (Å²) >= 11 is 1.76. The molecule has 0 N–H and O–H groups in total. The van der Waals surface area contributed by atoms with Gasteiger partial charge in [-0.25, -0.2) is 0 Å². The molecule has 4 heterocycles. The van der Waals surface area contributed by atoms with Crippen molar-refractivity contribution in [3.63, 3.8) is 0 Å². The number of fused-ring (bicyclic) bond motifs is 3. The number of carbonyl (C=O) groups excluding carboxylic acids is 1. The van der Waals surface area contributed by atoms with E-state index in [1.807, 2.05) is 0 Å². The van der Waals surface area contributed by atoms with Crippen LogP contribution in [0, 0.1) is 11.8 Å². The van der Waals surface area contributed by atoms with E-state index < -0.39 is 0 Å². The number of Topliss-reactive ketones (excluding diaryl/α,β-unsaturated/α-hetero) is 1. The molecule has 0 amide bonds. The van der Waals surface area contributed by atoms with E-state index in [2.05, 4.69) is 36.1 Å². The Hall–Kier alpha value is -1.19. The smallest absolute Gasteiger partial charge is 0.173 e. The van der Waals surface area contributed by atoms with Crippen LogP contribution < -0.4 is 0 Å². The number of rotatable bonds is 4. The fraction of sp³-hybridized carbons (Fsp3) is 0.609. The van der Waals surface area contributed by atoms with Crippen LogP contribution in [0.3, 0.4) is 0 Å². The molecule has 3 saturated heterocycles. The molecule has 2 nitrogen and oxygen atoms in total. The van der Waals surface area contributed by atoms with E-state index >= 15 is 0 Å². The van der Waals surface area contributed by atoms with Gasteiger partial charge in [-0.15, -0.1) is 11.3 Å². The zero-order chi connectivity index (χ0) is 17.5. The molecule has 1 spiro atoms. The molecule has 1 aromatic carbocycles. The van der Waals surface area contributed by atoms with Gasteiger partial charge in [0.05, 0.1) is 4.88 Å². The molecule has 2 bridgehead atoms. The van der Waals surface area contributed by atoms with Crippen molar-refractivity contribution in [1.82, 2.24) is 4.90 Å². The number of thiophene rings is 1. The van der Waals surface area contributed by atoms with Gasteiger partial charge >= 0.3 is 0 Å². The second kappa shape index (κ2) is 5.20. The molecule has 2 saturated carbocycles. The van der Waals surface area contributed by atoms with Crippen LogP contribution in [-0.2, 0) is 5.41 Å². The Morgan fingerprint density at radius 2 is 1.96 bits per heavy atom. The van der Waals surface area contributed by atoms with Crippen molar-refractivity contribution in [3.8, 4) is 0 Å². The van der Waals surface area contributed by atoms with Crippen molar-refractivity contribution in [2.75, 3.05) is 13.1 Å². The molecule has 0 unspecified atom stereocenters. The first-order chi connectivity index (χ1) is 12.6. The molecule has 5 aliphatic rings. The Balaban J connectivity index is 1.31. The first-order valence-corrected chi connectivity index (χ1v) is 11.2. The van der Waals surface area contributed by atoms with Gasteiger partial charge < -0.3 is 0 Å². The van der Waals surface area contributed by atoms with Crippen molar-refractivity contribution in [1.29, 1.82) is 0 Å². The number of benzene rings is 1. The summed E-state index contributed by atoms with van der Waals surface area (Å²) in [5, 5.41) is 1.28. The van der Waals surface area contributed by atoms with E-state index in [-0.39, 0.29) is 0 Å². The van der Waals surface area contributed by atoms with Gasteiger partial charge in [-0.05, 0) is 85.9 Å². The van der Waals surface area contributed by atoms with Gasteiger partial charge in [0.25, 0.3) is 0 Å². The molecule has 2 aliphatic carbocycles. The average Bonchev–Trinajstić information content (AvgIpc) is 3.56. The topological polar surface area (TPSA) is 20.3 Å². The van der Waals surface area contributed by atoms with E-state index in [4.69, 9.17) is 0 Å². The highest BCUT2D eigenvalue weighted by Crippen LogP contribution is 2.59. The minimum atomic E-state index is 0.360. The van der Waals surface area contributed by atoms with E-state index in [1.165, 1.54) is 67.3 Å². The highest BCUT2D eigenvalue weighted by atomic mass is 32.1. The quantitative estimate of drug-likeness (QED) is 0.676. The highest BCUT2D eigenvalue weighted by Gasteiger charge is 2.60. The lowest BCUT2D eigenvalue weighted by atomic mass is 9.70. The second-order valence-corrected chi connectivity index (χ2v) is 10.6. The lowest BCUT2D eigenvalue weighted by Gasteiger charge is -2.52. The summed E-state index contributed by atoms with van der Waals surface area (Å²) in [6, 6.07) is 8.83. The molecule has 2 aromatic rings. The molecule has 5 fully saturated rings. The molecule has 7 rings (SSSR count). The van der Waals surface area contributed by atoms with Gasteiger partial charge in [0.15, 0.2) is 5.78 Å². The van der Waals surface area contributed by atoms with Crippen LogP contribution in [-0.4, -0.2) is 29.3 Å². The Morgan fingerprint density at radius 1 is 1.19 bits per heavy atom. The minimum Gasteiger partial charge on any atom is -0.297 e. The molecule has 3 aliphatic heterocycles. The normalized spacial score (nSPS) is 32.9. The van der Waals surface area contributed by atoms with Crippen LogP contribution in [0.25, 0.3) is 10.1 Å². The number of nitrogens with zero attached hydrogens (tertiary/aromatic N) is 1. The summed E-state index contributed by atoms with van der Waals surface area (Å²) in [4.78, 5) is 17.0. The second-order valence-electron chi connectivity index (χ2n) is 9.56. The summed E-state index contributed by atoms with van der Waals surface area (Å²) in [6.07, 6.45) is 8.64. The Labute approximate surface area is 159 Å². The molecule has 136 valence electrons. The number of carbonyl (C=O) groups is 1. The van der Waals surface area contributed by atoms with Crippen molar-refractivity contribution in [3.05, 3.63) is 34.7 Å². The number of piperidine rings is 3. The fourth-order valence-electron chi connectivity index (χ4n) is 6.03. The Morgan fingerprint density at radius 3 is 2.65 bits per heavy atom. The van der Waals surface area contributed by atoms with Crippen LogP contribution >= 0.6 is 11.3 Å². The van der Waals surface area contributed by atoms with Crippen LogP contribution in [0.15, 0.2) is 24.3 Å². The van der Waals surface area contributed by atoms with E-state index in [1.54, 1.807) is 11.3 Å². The SMILES string of the molecule is CC1(c2cccc3cc(C(=O)C[C@@H]4C5CCN(CC5)C45CC5)sc23)CC1. The lowest BCUT2D eigenvalue weighted by Crippen LogP contribution is -2.57. The van der Waals surface area contributed by atoms with Crippen molar-refractivity contribution in [2.45, 2.75) is 62.8 Å². The fourth-order valence-corrected chi connectivity index (χ4v) is 7.30. The summed E-state index contributed by atoms with van der Waals surface area (Å²) in [6.45, 7) is 4.92. The number of hydrogen-bond acceptors (Lipinski definition) is 3. The molecular weight excluding hydrogens is 338 g/mol. The number of hydrogen-bond donors (Lipinski definition) is 0. The Bertz CT molecular complexity index is 896. The van der Waals surface area contributed by atoms with E-state index in [0.29, 0.717) is 22.7 Å². The predicted molar refractivity (Wildman–Crippen MR) is 107 cm³/mol. The summed E-state index contributed by atoms with van der Waals surface area (Å²) in [5.74, 6) is 1.81. The van der Waals surface area contributed by atoms with Crippen molar-refractivity contribution in [2.24, 2.45) is 11.8 Å². The molecule has 1 aromatic heterocycles. The first-order valence-electron chi connectivity index (χ1n) is 10.4. The van der Waals surface area contributed by atoms with Crippen LogP contribution in [0.1, 0.15) is 67.1 Å². The van der Waals surface area contributed by atoms with E-state index in [0.717, 1.165) is 17.2 Å². The highest BCUT2D eigenvalue weighted by molar-refractivity contribution is 7.21. The predicted octanol–water partition coefficient (Wildman–Crippen LogP) is 5.40. The third-order valence-corrected chi connectivity index (χ3v) is 9.29. The van der Waals surface area contributed by atoms with E-state index in [9.17, 15) is 4.79 Å². The van der Waals surface area contributed by atoms with Crippen LogP contribution in [0.4, 0.5) is 0 Å². The third kappa shape index (κ3) is 2.16. The number of ketones is 1. The maximum atomic E-state index is 13.2. The largest absolute Gasteiger partial charge is 0.297 e. The molecule has 1 atom stereocenters. The zero-order valence-corrected chi connectivity index (χ0v) is 16.4. The monoisotopic (exact) mass is 365 g/mol. The lowest BCUT2D eigenvalue weighted by molar-refractivity contribution is -0.0273. The molecule has 0 radical (unpaired) electrons. The average molecular weight is 366 g/mol. The van der Waals surface area contributed by atoms with Gasteiger partial charge in [0.2, 0.25) is 0 Å². The van der Waals surface area contributed by atoms with Crippen LogP contribution in [0.2, 0.25) is 0 Å². The van der Waals surface area contributed by atoms with Crippen LogP contribution in [0.5, 0.6) is 0 Å². The van der Waals surface area contributed by atoms with Gasteiger partial charge in [-0.1, -0.05) is 25.1 Å². The first kappa shape index (κ1) is 15.8. The van der Waals surface area contributed by atoms with Crippen molar-refractivity contribution >= 4 is 27.2 Å². The zero-order valence-electron chi connectivity index (χ0n) is 15.6. The van der Waals surface area contributed by atoms with Crippen molar-refractivity contribution < 1.29 is 4.79 Å². The maximum absolute atomic E-state index is 13.2. The standard InChI is InChI=1S/C23H27NOS/c1-22(7-8-22)17-4-2-3-16-13-20(26-21(16)17)19(25)14-18-15-5-11-24(12-6-15)23(18)9-10-23/h2-4,13,15,18H,5-12,14H2,1H3/t18-/m1/s1.